The maximum Gasteiger partial charge on any atom is 0.166 e. The van der Waals surface area contributed by atoms with E-state index in [4.69, 9.17) is 0 Å². The van der Waals surface area contributed by atoms with Gasteiger partial charge in [-0.2, -0.15) is 0 Å². The van der Waals surface area contributed by atoms with Gasteiger partial charge in [-0.15, -0.1) is 0 Å². The number of hydrogen-bond donors (Lipinski definition) is 2. The molecule has 0 fully saturated rings. The zero-order valence-corrected chi connectivity index (χ0v) is 12.3. The van der Waals surface area contributed by atoms with Gasteiger partial charge in [0.1, 0.15) is 5.82 Å². The molecule has 5 heteroatoms. The highest BCUT2D eigenvalue weighted by molar-refractivity contribution is 7.98. The van der Waals surface area contributed by atoms with Gasteiger partial charge in [0.15, 0.2) is 5.16 Å². The molecule has 20 heavy (non-hydrogen) atoms. The van der Waals surface area contributed by atoms with Gasteiger partial charge in [-0.3, -0.25) is 0 Å². The molecule has 2 aromatic heterocycles. The quantitative estimate of drug-likeness (QED) is 0.719. The van der Waals surface area contributed by atoms with Crippen LogP contribution in [0.15, 0.2) is 41.7 Å². The Labute approximate surface area is 122 Å². The molecule has 2 N–H and O–H groups in total. The molecule has 3 aromatic rings. The second kappa shape index (κ2) is 5.54. The highest BCUT2D eigenvalue weighted by Gasteiger charge is 2.04. The smallest absolute Gasteiger partial charge is 0.166 e. The molecule has 0 spiro atoms. The second-order valence-corrected chi connectivity index (χ2v) is 5.61. The van der Waals surface area contributed by atoms with E-state index in [0.29, 0.717) is 0 Å². The number of rotatable bonds is 4. The van der Waals surface area contributed by atoms with Crippen LogP contribution in [0.2, 0.25) is 0 Å². The van der Waals surface area contributed by atoms with Crippen LogP contribution in [0.3, 0.4) is 0 Å². The van der Waals surface area contributed by atoms with Gasteiger partial charge < -0.3 is 10.3 Å². The first kappa shape index (κ1) is 13.0. The van der Waals surface area contributed by atoms with E-state index in [-0.39, 0.29) is 0 Å². The van der Waals surface area contributed by atoms with Crippen molar-refractivity contribution in [3.05, 3.63) is 47.7 Å². The third-order valence-electron chi connectivity index (χ3n) is 3.07. The predicted molar refractivity (Wildman–Crippen MR) is 84.2 cm³/mol. The van der Waals surface area contributed by atoms with E-state index >= 15 is 0 Å². The highest BCUT2D eigenvalue weighted by atomic mass is 32.2. The van der Waals surface area contributed by atoms with Gasteiger partial charge in [-0.1, -0.05) is 17.8 Å². The Morgan fingerprint density at radius 3 is 3.00 bits per heavy atom. The molecular weight excluding hydrogens is 268 g/mol. The number of aromatic nitrogens is 3. The molecule has 0 aliphatic heterocycles. The molecule has 0 atom stereocenters. The summed E-state index contributed by atoms with van der Waals surface area (Å²) in [6.07, 6.45) is 1.82. The molecule has 4 nitrogen and oxygen atoms in total. The van der Waals surface area contributed by atoms with Crippen molar-refractivity contribution in [1.82, 2.24) is 15.0 Å². The number of pyridine rings is 1. The first-order chi connectivity index (χ1) is 9.74. The van der Waals surface area contributed by atoms with Crippen molar-refractivity contribution < 1.29 is 0 Å². The molecule has 2 heterocycles. The number of aryl methyl sites for hydroxylation is 1. The van der Waals surface area contributed by atoms with Crippen LogP contribution in [0.4, 0.5) is 5.82 Å². The normalized spacial score (nSPS) is 10.9. The van der Waals surface area contributed by atoms with Crippen molar-refractivity contribution in [2.24, 2.45) is 0 Å². The van der Waals surface area contributed by atoms with E-state index in [0.717, 1.165) is 27.8 Å². The molecule has 0 aliphatic rings. The number of nitrogens with one attached hydrogen (secondary N) is 2. The van der Waals surface area contributed by atoms with Gasteiger partial charge >= 0.3 is 0 Å². The molecule has 0 saturated carbocycles. The SMILES string of the molecule is CNc1cc(CSc2nc3ccc(C)cc3[nH]2)ccn1. The van der Waals surface area contributed by atoms with Crippen LogP contribution < -0.4 is 5.32 Å². The van der Waals surface area contributed by atoms with Crippen molar-refractivity contribution >= 4 is 28.6 Å². The third kappa shape index (κ3) is 2.77. The summed E-state index contributed by atoms with van der Waals surface area (Å²) in [5.41, 5.74) is 4.58. The molecule has 102 valence electrons. The van der Waals surface area contributed by atoms with Crippen LogP contribution in [-0.2, 0) is 5.75 Å². The van der Waals surface area contributed by atoms with Crippen LogP contribution in [0.5, 0.6) is 0 Å². The van der Waals surface area contributed by atoms with E-state index < -0.39 is 0 Å². The van der Waals surface area contributed by atoms with E-state index in [2.05, 4.69) is 51.5 Å². The fraction of sp³-hybridized carbons (Fsp3) is 0.200. The first-order valence-corrected chi connectivity index (χ1v) is 7.45. The summed E-state index contributed by atoms with van der Waals surface area (Å²) in [5, 5.41) is 4.00. The molecule has 0 aliphatic carbocycles. The lowest BCUT2D eigenvalue weighted by Crippen LogP contribution is -1.92. The molecule has 3 rings (SSSR count). The van der Waals surface area contributed by atoms with E-state index in [1.54, 1.807) is 11.8 Å². The maximum absolute atomic E-state index is 4.59. The lowest BCUT2D eigenvalue weighted by Gasteiger charge is -2.02. The van der Waals surface area contributed by atoms with Crippen LogP contribution in [0.25, 0.3) is 11.0 Å². The Bertz CT molecular complexity index is 736. The van der Waals surface area contributed by atoms with Crippen molar-refractivity contribution in [1.29, 1.82) is 0 Å². The Hall–Kier alpha value is -2.01. The van der Waals surface area contributed by atoms with Gasteiger partial charge in [0, 0.05) is 19.0 Å². The molecular formula is C15H16N4S. The number of nitrogens with zero attached hydrogens (tertiary/aromatic N) is 2. The Kier molecular flexibility index (Phi) is 3.60. The van der Waals surface area contributed by atoms with Gasteiger partial charge in [0.05, 0.1) is 11.0 Å². The van der Waals surface area contributed by atoms with E-state index in [1.807, 2.05) is 19.3 Å². The minimum atomic E-state index is 0.871. The molecule has 0 bridgehead atoms. The molecule has 0 unspecified atom stereocenters. The van der Waals surface area contributed by atoms with Gasteiger partial charge in [-0.05, 0) is 42.3 Å². The number of anilines is 1. The average molecular weight is 284 g/mol. The summed E-state index contributed by atoms with van der Waals surface area (Å²) >= 11 is 1.70. The summed E-state index contributed by atoms with van der Waals surface area (Å²) in [5.74, 6) is 1.76. The second-order valence-electron chi connectivity index (χ2n) is 4.65. The molecule has 0 amide bonds. The van der Waals surface area contributed by atoms with Gasteiger partial charge in [0.25, 0.3) is 0 Å². The van der Waals surface area contributed by atoms with Crippen LogP contribution in [0.1, 0.15) is 11.1 Å². The fourth-order valence-corrected chi connectivity index (χ4v) is 2.85. The van der Waals surface area contributed by atoms with Crippen LogP contribution in [0, 0.1) is 6.92 Å². The summed E-state index contributed by atoms with van der Waals surface area (Å²) in [6, 6.07) is 10.3. The van der Waals surface area contributed by atoms with Crippen molar-refractivity contribution in [3.63, 3.8) is 0 Å². The standard InChI is InChI=1S/C15H16N4S/c1-10-3-4-12-13(7-10)19-15(18-12)20-9-11-5-6-17-14(8-11)16-2/h3-8H,9H2,1-2H3,(H,16,17)(H,18,19). The summed E-state index contributed by atoms with van der Waals surface area (Å²) in [7, 11) is 1.88. The monoisotopic (exact) mass is 284 g/mol. The summed E-state index contributed by atoms with van der Waals surface area (Å²) < 4.78 is 0. The maximum atomic E-state index is 4.59. The Morgan fingerprint density at radius 2 is 2.15 bits per heavy atom. The summed E-state index contributed by atoms with van der Waals surface area (Å²) in [6.45, 7) is 2.09. The lowest BCUT2D eigenvalue weighted by atomic mass is 10.2. The largest absolute Gasteiger partial charge is 0.373 e. The molecule has 1 aromatic carbocycles. The minimum Gasteiger partial charge on any atom is -0.373 e. The minimum absolute atomic E-state index is 0.871. The van der Waals surface area contributed by atoms with Crippen molar-refractivity contribution in [2.45, 2.75) is 17.8 Å². The highest BCUT2D eigenvalue weighted by Crippen LogP contribution is 2.24. The van der Waals surface area contributed by atoms with E-state index in [9.17, 15) is 0 Å². The number of imidazole rings is 1. The number of thioether (sulfide) groups is 1. The van der Waals surface area contributed by atoms with Crippen LogP contribution >= 0.6 is 11.8 Å². The van der Waals surface area contributed by atoms with Crippen LogP contribution in [-0.4, -0.2) is 22.0 Å². The van der Waals surface area contributed by atoms with Crippen molar-refractivity contribution in [2.75, 3.05) is 12.4 Å². The number of fused-ring (bicyclic) bond motifs is 1. The predicted octanol–water partition coefficient (Wildman–Crippen LogP) is 3.60. The van der Waals surface area contributed by atoms with E-state index in [1.165, 1.54) is 11.1 Å². The zero-order valence-electron chi connectivity index (χ0n) is 11.5. The molecule has 0 saturated heterocycles. The topological polar surface area (TPSA) is 53.6 Å². The van der Waals surface area contributed by atoms with Crippen molar-refractivity contribution in [3.8, 4) is 0 Å². The number of benzene rings is 1. The lowest BCUT2D eigenvalue weighted by molar-refractivity contribution is 1.08. The Morgan fingerprint density at radius 1 is 1.25 bits per heavy atom. The number of aromatic amines is 1. The summed E-state index contributed by atoms with van der Waals surface area (Å²) in [4.78, 5) is 12.2. The Balaban J connectivity index is 1.76. The van der Waals surface area contributed by atoms with Gasteiger partial charge in [0.2, 0.25) is 0 Å². The number of H-pyrrole nitrogens is 1. The third-order valence-corrected chi connectivity index (χ3v) is 4.02. The zero-order chi connectivity index (χ0) is 13.9. The molecule has 0 radical (unpaired) electrons. The average Bonchev–Trinajstić information content (AvgIpc) is 2.87. The number of hydrogen-bond acceptors (Lipinski definition) is 4. The first-order valence-electron chi connectivity index (χ1n) is 6.46. The fourth-order valence-electron chi connectivity index (χ4n) is 2.02. The van der Waals surface area contributed by atoms with Gasteiger partial charge in [-0.25, -0.2) is 9.97 Å².